The van der Waals surface area contributed by atoms with Crippen LogP contribution in [0, 0.1) is 13.8 Å². The van der Waals surface area contributed by atoms with E-state index in [9.17, 15) is 0 Å². The van der Waals surface area contributed by atoms with E-state index in [-0.39, 0.29) is 0 Å². The summed E-state index contributed by atoms with van der Waals surface area (Å²) in [5, 5.41) is 2.95. The molecule has 3 heteroatoms. The zero-order valence-corrected chi connectivity index (χ0v) is 10.5. The van der Waals surface area contributed by atoms with E-state index in [0.717, 1.165) is 26.8 Å². The summed E-state index contributed by atoms with van der Waals surface area (Å²) in [6, 6.07) is 8.09. The molecule has 0 aliphatic heterocycles. The molecule has 1 aromatic carbocycles. The second-order valence-electron chi connectivity index (χ2n) is 3.47. The van der Waals surface area contributed by atoms with Crippen LogP contribution in [0.15, 0.2) is 34.5 Å². The van der Waals surface area contributed by atoms with Gasteiger partial charge in [0.2, 0.25) is 0 Å². The van der Waals surface area contributed by atoms with Crippen LogP contribution < -0.4 is 4.74 Å². The number of hydrogen-bond acceptors (Lipinski definition) is 2. The van der Waals surface area contributed by atoms with E-state index < -0.39 is 0 Å². The summed E-state index contributed by atoms with van der Waals surface area (Å²) < 4.78 is 5.83. The van der Waals surface area contributed by atoms with Gasteiger partial charge in [-0.05, 0) is 67.2 Å². The maximum Gasteiger partial charge on any atom is 0.180 e. The monoisotopic (exact) mass is 237 g/mol. The molecule has 0 aliphatic carbocycles. The Bertz CT molecular complexity index is 437. The van der Waals surface area contributed by atoms with Crippen LogP contribution in [0.3, 0.4) is 0 Å². The van der Waals surface area contributed by atoms with Crippen molar-refractivity contribution >= 4 is 24.0 Å². The zero-order valence-electron chi connectivity index (χ0n) is 8.70. The fourth-order valence-corrected chi connectivity index (χ4v) is 2.55. The summed E-state index contributed by atoms with van der Waals surface area (Å²) in [7, 11) is 0. The minimum Gasteiger partial charge on any atom is -0.446 e. The van der Waals surface area contributed by atoms with Crippen molar-refractivity contribution < 1.29 is 4.74 Å². The number of aryl methyl sites for hydroxylation is 2. The van der Waals surface area contributed by atoms with E-state index in [1.54, 1.807) is 11.3 Å². The van der Waals surface area contributed by atoms with Gasteiger partial charge in [-0.1, -0.05) is 0 Å². The van der Waals surface area contributed by atoms with Crippen molar-refractivity contribution in [1.29, 1.82) is 0 Å². The van der Waals surface area contributed by atoms with Crippen molar-refractivity contribution in [1.82, 2.24) is 0 Å². The molecule has 0 unspecified atom stereocenters. The SMILES string of the molecule is Cc1cc([SH2+])cc(C)c1Oc1cccs1. The van der Waals surface area contributed by atoms with Crippen LogP contribution >= 0.6 is 11.3 Å². The van der Waals surface area contributed by atoms with Gasteiger partial charge in [0, 0.05) is 0 Å². The number of rotatable bonds is 2. The minimum absolute atomic E-state index is 0.933. The standard InChI is InChI=1S/C12H12OS2/c1-8-6-10(14)7-9(2)12(8)13-11-4-3-5-15-11/h3-7,14H,1-2H3/p+1. The van der Waals surface area contributed by atoms with Crippen LogP contribution in [0.2, 0.25) is 0 Å². The number of hydrogen-bond donors (Lipinski definition) is 0. The summed E-state index contributed by atoms with van der Waals surface area (Å²) in [5.74, 6) is 0.958. The van der Waals surface area contributed by atoms with Gasteiger partial charge in [0.25, 0.3) is 0 Å². The maximum absolute atomic E-state index is 5.83. The van der Waals surface area contributed by atoms with E-state index in [2.05, 4.69) is 38.6 Å². The highest BCUT2D eigenvalue weighted by Gasteiger charge is 2.08. The van der Waals surface area contributed by atoms with E-state index in [1.807, 2.05) is 17.5 Å². The van der Waals surface area contributed by atoms with E-state index in [0.29, 0.717) is 0 Å². The van der Waals surface area contributed by atoms with Gasteiger partial charge >= 0.3 is 0 Å². The molecule has 78 valence electrons. The van der Waals surface area contributed by atoms with Crippen LogP contribution in [-0.2, 0) is 12.6 Å². The van der Waals surface area contributed by atoms with Gasteiger partial charge in [-0.15, -0.1) is 11.3 Å². The first kappa shape index (κ1) is 10.6. The molecule has 0 radical (unpaired) electrons. The summed E-state index contributed by atoms with van der Waals surface area (Å²) in [4.78, 5) is 1.09. The Hall–Kier alpha value is -0.930. The molecule has 0 spiro atoms. The first-order valence-corrected chi connectivity index (χ1v) is 6.09. The Morgan fingerprint density at radius 3 is 2.40 bits per heavy atom. The molecule has 2 aromatic rings. The van der Waals surface area contributed by atoms with Crippen LogP contribution in [0.5, 0.6) is 10.8 Å². The van der Waals surface area contributed by atoms with E-state index in [1.165, 1.54) is 0 Å². The fourth-order valence-electron chi connectivity index (χ4n) is 1.53. The lowest BCUT2D eigenvalue weighted by atomic mass is 10.1. The Balaban J connectivity index is 2.36. The Morgan fingerprint density at radius 1 is 1.20 bits per heavy atom. The van der Waals surface area contributed by atoms with Crippen molar-refractivity contribution in [2.24, 2.45) is 0 Å². The largest absolute Gasteiger partial charge is 0.446 e. The van der Waals surface area contributed by atoms with Crippen molar-refractivity contribution in [3.63, 3.8) is 0 Å². The fraction of sp³-hybridized carbons (Fsp3) is 0.167. The van der Waals surface area contributed by atoms with Crippen LogP contribution in [0.1, 0.15) is 11.1 Å². The zero-order chi connectivity index (χ0) is 10.8. The molecule has 0 saturated heterocycles. The van der Waals surface area contributed by atoms with E-state index >= 15 is 0 Å². The maximum atomic E-state index is 5.83. The van der Waals surface area contributed by atoms with Gasteiger partial charge in [-0.25, -0.2) is 0 Å². The predicted molar refractivity (Wildman–Crippen MR) is 68.7 cm³/mol. The molecule has 0 amide bonds. The highest BCUT2D eigenvalue weighted by molar-refractivity contribution is 7.58. The summed E-state index contributed by atoms with van der Waals surface area (Å²) in [6.45, 7) is 4.11. The van der Waals surface area contributed by atoms with Crippen LogP contribution in [0.25, 0.3) is 0 Å². The summed E-state index contributed by atoms with van der Waals surface area (Å²) in [5.41, 5.74) is 2.29. The van der Waals surface area contributed by atoms with Gasteiger partial charge in [-0.3, -0.25) is 0 Å². The van der Waals surface area contributed by atoms with Gasteiger partial charge in [0.15, 0.2) is 9.96 Å². The average molecular weight is 237 g/mol. The van der Waals surface area contributed by atoms with Gasteiger partial charge in [0.1, 0.15) is 5.75 Å². The molecule has 0 fully saturated rings. The molecule has 15 heavy (non-hydrogen) atoms. The Kier molecular flexibility index (Phi) is 3.03. The molecule has 1 nitrogen and oxygen atoms in total. The molecule has 0 N–H and O–H groups in total. The number of ether oxygens (including phenoxy) is 1. The second kappa shape index (κ2) is 4.29. The van der Waals surface area contributed by atoms with Gasteiger partial charge in [-0.2, -0.15) is 0 Å². The smallest absolute Gasteiger partial charge is 0.180 e. The van der Waals surface area contributed by atoms with Crippen LogP contribution in [0.4, 0.5) is 0 Å². The molecule has 0 aliphatic rings. The Morgan fingerprint density at radius 2 is 1.87 bits per heavy atom. The van der Waals surface area contributed by atoms with Crippen LogP contribution in [-0.4, -0.2) is 0 Å². The quantitative estimate of drug-likeness (QED) is 0.726. The van der Waals surface area contributed by atoms with Crippen molar-refractivity contribution in [2.45, 2.75) is 18.7 Å². The third-order valence-corrected chi connectivity index (χ3v) is 3.19. The summed E-state index contributed by atoms with van der Waals surface area (Å²) >= 11 is 5.13. The first-order chi connectivity index (χ1) is 7.16. The average Bonchev–Trinajstić information content (AvgIpc) is 2.63. The minimum atomic E-state index is 0.933. The highest BCUT2D eigenvalue weighted by atomic mass is 32.1. The third kappa shape index (κ3) is 2.36. The topological polar surface area (TPSA) is 9.23 Å². The van der Waals surface area contributed by atoms with Gasteiger partial charge in [0.05, 0.1) is 0 Å². The molecule has 0 atom stereocenters. The molecular weight excluding hydrogens is 224 g/mol. The highest BCUT2D eigenvalue weighted by Crippen LogP contribution is 2.32. The van der Waals surface area contributed by atoms with Crippen molar-refractivity contribution in [2.75, 3.05) is 0 Å². The first-order valence-electron chi connectivity index (χ1n) is 4.71. The normalized spacial score (nSPS) is 10.3. The van der Waals surface area contributed by atoms with Crippen molar-refractivity contribution in [3.05, 3.63) is 40.8 Å². The number of thiophene rings is 1. The molecule has 2 rings (SSSR count). The molecule has 1 heterocycles. The van der Waals surface area contributed by atoms with Crippen molar-refractivity contribution in [3.8, 4) is 10.8 Å². The molecule has 1 aromatic heterocycles. The predicted octanol–water partition coefficient (Wildman–Crippen LogP) is 3.53. The Labute approximate surface area is 99.1 Å². The lowest BCUT2D eigenvalue weighted by Crippen LogP contribution is -1.90. The lowest BCUT2D eigenvalue weighted by molar-refractivity contribution is 0.488. The third-order valence-electron chi connectivity index (χ3n) is 2.16. The molecule has 0 saturated carbocycles. The number of benzene rings is 1. The molecule has 0 bridgehead atoms. The van der Waals surface area contributed by atoms with E-state index in [4.69, 9.17) is 4.74 Å². The molecular formula is C12H13OS2+. The summed E-state index contributed by atoms with van der Waals surface area (Å²) in [6.07, 6.45) is 0. The van der Waals surface area contributed by atoms with Gasteiger partial charge < -0.3 is 4.74 Å². The lowest BCUT2D eigenvalue weighted by Gasteiger charge is -2.09. The second-order valence-corrected chi connectivity index (χ2v) is 4.96.